The number of nitrogens with zero attached hydrogens (tertiary/aromatic N) is 2. The number of benzene rings is 2. The smallest absolute Gasteiger partial charge is 0.310 e. The van der Waals surface area contributed by atoms with Crippen LogP contribution in [0, 0.1) is 0 Å². The summed E-state index contributed by atoms with van der Waals surface area (Å²) in [4.78, 5) is 24.4. The Labute approximate surface area is 177 Å². The van der Waals surface area contributed by atoms with Gasteiger partial charge >= 0.3 is 5.97 Å². The van der Waals surface area contributed by atoms with Gasteiger partial charge in [-0.1, -0.05) is 48.5 Å². The van der Waals surface area contributed by atoms with Crippen molar-refractivity contribution in [2.24, 2.45) is 0 Å². The molecule has 0 radical (unpaired) electrons. The van der Waals surface area contributed by atoms with Crippen LogP contribution in [0.15, 0.2) is 83.6 Å². The zero-order chi connectivity index (χ0) is 20.8. The molecule has 0 fully saturated rings. The topological polar surface area (TPSA) is 73.2 Å². The highest BCUT2D eigenvalue weighted by atomic mass is 32.1. The molecule has 2 heterocycles. The van der Waals surface area contributed by atoms with E-state index in [0.29, 0.717) is 5.82 Å². The van der Waals surface area contributed by atoms with Crippen molar-refractivity contribution in [2.75, 3.05) is 11.9 Å². The quantitative estimate of drug-likeness (QED) is 0.455. The third-order valence-electron chi connectivity index (χ3n) is 4.34. The standard InChI is InChI=1S/C23H19N3O3S/c27-22(15-29-23(28)13-17-11-12-30-16-17)24-21-14-20(18-7-3-1-4-8-18)25-26(21)19-9-5-2-6-10-19/h1-12,14,16H,13,15H2,(H,24,27). The van der Waals surface area contributed by atoms with Crippen molar-refractivity contribution in [3.63, 3.8) is 0 Å². The monoisotopic (exact) mass is 417 g/mol. The summed E-state index contributed by atoms with van der Waals surface area (Å²) in [5.41, 5.74) is 3.35. The Morgan fingerprint density at radius 1 is 1.00 bits per heavy atom. The molecule has 4 rings (SSSR count). The predicted molar refractivity (Wildman–Crippen MR) is 117 cm³/mol. The number of rotatable bonds is 7. The number of hydrogen-bond donors (Lipinski definition) is 1. The Hall–Kier alpha value is -3.71. The van der Waals surface area contributed by atoms with E-state index in [4.69, 9.17) is 4.74 Å². The first kappa shape index (κ1) is 19.6. The van der Waals surface area contributed by atoms with E-state index in [1.807, 2.05) is 77.5 Å². The van der Waals surface area contributed by atoms with Gasteiger partial charge in [0.1, 0.15) is 5.82 Å². The second kappa shape index (κ2) is 9.19. The van der Waals surface area contributed by atoms with Crippen molar-refractivity contribution in [3.05, 3.63) is 89.1 Å². The lowest BCUT2D eigenvalue weighted by molar-refractivity contribution is -0.146. The van der Waals surface area contributed by atoms with Crippen molar-refractivity contribution < 1.29 is 14.3 Å². The third-order valence-corrected chi connectivity index (χ3v) is 5.07. The highest BCUT2D eigenvalue weighted by Gasteiger charge is 2.15. The summed E-state index contributed by atoms with van der Waals surface area (Å²) in [7, 11) is 0. The van der Waals surface area contributed by atoms with Crippen LogP contribution >= 0.6 is 11.3 Å². The van der Waals surface area contributed by atoms with Crippen molar-refractivity contribution in [1.82, 2.24) is 9.78 Å². The van der Waals surface area contributed by atoms with Crippen LogP contribution < -0.4 is 5.32 Å². The van der Waals surface area contributed by atoms with Crippen LogP contribution in [-0.2, 0) is 20.7 Å². The van der Waals surface area contributed by atoms with Gasteiger partial charge in [0.05, 0.1) is 17.8 Å². The third kappa shape index (κ3) is 4.82. The Morgan fingerprint density at radius 3 is 2.43 bits per heavy atom. The number of esters is 1. The summed E-state index contributed by atoms with van der Waals surface area (Å²) < 4.78 is 6.77. The van der Waals surface area contributed by atoms with Gasteiger partial charge in [-0.05, 0) is 34.5 Å². The molecule has 0 unspecified atom stereocenters. The molecule has 0 saturated heterocycles. The van der Waals surface area contributed by atoms with Crippen LogP contribution in [0.5, 0.6) is 0 Å². The van der Waals surface area contributed by atoms with Crippen LogP contribution in [0.3, 0.4) is 0 Å². The summed E-state index contributed by atoms with van der Waals surface area (Å²) in [5, 5.41) is 11.2. The zero-order valence-electron chi connectivity index (χ0n) is 16.0. The van der Waals surface area contributed by atoms with Gasteiger partial charge in [-0.2, -0.15) is 16.4 Å². The molecule has 2 aromatic heterocycles. The number of amides is 1. The first-order valence-corrected chi connectivity index (χ1v) is 10.3. The van der Waals surface area contributed by atoms with Gasteiger partial charge in [-0.15, -0.1) is 0 Å². The molecule has 0 spiro atoms. The molecule has 0 aliphatic heterocycles. The molecule has 2 aromatic carbocycles. The summed E-state index contributed by atoms with van der Waals surface area (Å²) in [6.07, 6.45) is 0.150. The van der Waals surface area contributed by atoms with Crippen LogP contribution in [0.25, 0.3) is 16.9 Å². The second-order valence-corrected chi connectivity index (χ2v) is 7.33. The number of ether oxygens (including phenoxy) is 1. The fourth-order valence-electron chi connectivity index (χ4n) is 2.92. The minimum absolute atomic E-state index is 0.150. The normalized spacial score (nSPS) is 10.5. The van der Waals surface area contributed by atoms with Gasteiger partial charge in [-0.3, -0.25) is 9.59 Å². The molecule has 4 aromatic rings. The summed E-state index contributed by atoms with van der Waals surface area (Å²) >= 11 is 1.51. The summed E-state index contributed by atoms with van der Waals surface area (Å²) in [6.45, 7) is -0.358. The van der Waals surface area contributed by atoms with Crippen LogP contribution in [-0.4, -0.2) is 28.3 Å². The Kier molecular flexibility index (Phi) is 6.01. The van der Waals surface area contributed by atoms with E-state index < -0.39 is 11.9 Å². The largest absolute Gasteiger partial charge is 0.455 e. The van der Waals surface area contributed by atoms with Crippen LogP contribution in [0.1, 0.15) is 5.56 Å². The Balaban J connectivity index is 1.48. The van der Waals surface area contributed by atoms with Gasteiger partial charge in [-0.25, -0.2) is 4.68 Å². The molecule has 0 aliphatic carbocycles. The summed E-state index contributed by atoms with van der Waals surface area (Å²) in [6, 6.07) is 22.9. The van der Waals surface area contributed by atoms with Crippen LogP contribution in [0.2, 0.25) is 0 Å². The van der Waals surface area contributed by atoms with Gasteiger partial charge in [0.2, 0.25) is 0 Å². The maximum atomic E-state index is 12.4. The van der Waals surface area contributed by atoms with Gasteiger partial charge in [0, 0.05) is 11.6 Å². The van der Waals surface area contributed by atoms with E-state index >= 15 is 0 Å². The SMILES string of the molecule is O=C(COC(=O)Cc1ccsc1)Nc1cc(-c2ccccc2)nn1-c1ccccc1. The van der Waals surface area contributed by atoms with E-state index in [1.165, 1.54) is 11.3 Å². The number of thiophene rings is 1. The number of para-hydroxylation sites is 1. The van der Waals surface area contributed by atoms with E-state index in [-0.39, 0.29) is 13.0 Å². The molecule has 0 bridgehead atoms. The number of carbonyl (C=O) groups excluding carboxylic acids is 2. The predicted octanol–water partition coefficient (Wildman–Crippen LogP) is 4.33. The molecular formula is C23H19N3O3S. The molecular weight excluding hydrogens is 398 g/mol. The first-order valence-electron chi connectivity index (χ1n) is 9.36. The molecule has 30 heavy (non-hydrogen) atoms. The average Bonchev–Trinajstić information content (AvgIpc) is 3.44. The lowest BCUT2D eigenvalue weighted by atomic mass is 10.2. The maximum absolute atomic E-state index is 12.4. The van der Waals surface area contributed by atoms with E-state index in [0.717, 1.165) is 22.5 Å². The molecule has 150 valence electrons. The maximum Gasteiger partial charge on any atom is 0.310 e. The molecule has 0 aliphatic rings. The molecule has 7 heteroatoms. The fraction of sp³-hybridized carbons (Fsp3) is 0.0870. The van der Waals surface area contributed by atoms with Crippen molar-refractivity contribution >= 4 is 29.0 Å². The minimum Gasteiger partial charge on any atom is -0.455 e. The number of hydrogen-bond acceptors (Lipinski definition) is 5. The average molecular weight is 417 g/mol. The zero-order valence-corrected chi connectivity index (χ0v) is 16.8. The van der Waals surface area contributed by atoms with Crippen molar-refractivity contribution in [3.8, 4) is 16.9 Å². The highest BCUT2D eigenvalue weighted by Crippen LogP contribution is 2.24. The Morgan fingerprint density at radius 2 is 1.73 bits per heavy atom. The minimum atomic E-state index is -0.440. The number of carbonyl (C=O) groups is 2. The van der Waals surface area contributed by atoms with E-state index in [1.54, 1.807) is 10.7 Å². The lowest BCUT2D eigenvalue weighted by Crippen LogP contribution is -2.22. The van der Waals surface area contributed by atoms with Gasteiger partial charge in [0.25, 0.3) is 5.91 Å². The lowest BCUT2D eigenvalue weighted by Gasteiger charge is -2.09. The summed E-state index contributed by atoms with van der Waals surface area (Å²) in [5.74, 6) is -0.366. The van der Waals surface area contributed by atoms with Crippen LogP contribution in [0.4, 0.5) is 5.82 Å². The molecule has 1 N–H and O–H groups in total. The fourth-order valence-corrected chi connectivity index (χ4v) is 3.59. The number of nitrogens with one attached hydrogen (secondary N) is 1. The van der Waals surface area contributed by atoms with Crippen molar-refractivity contribution in [2.45, 2.75) is 6.42 Å². The number of aromatic nitrogens is 2. The molecule has 6 nitrogen and oxygen atoms in total. The van der Waals surface area contributed by atoms with Crippen molar-refractivity contribution in [1.29, 1.82) is 0 Å². The van der Waals surface area contributed by atoms with E-state index in [2.05, 4.69) is 10.4 Å². The van der Waals surface area contributed by atoms with Gasteiger partial charge in [0.15, 0.2) is 6.61 Å². The first-order chi connectivity index (χ1) is 14.7. The Bertz CT molecular complexity index is 1120. The highest BCUT2D eigenvalue weighted by molar-refractivity contribution is 7.08. The molecule has 0 saturated carbocycles. The molecule has 0 atom stereocenters. The number of anilines is 1. The molecule has 1 amide bonds. The second-order valence-electron chi connectivity index (χ2n) is 6.55. The van der Waals surface area contributed by atoms with Gasteiger partial charge < -0.3 is 10.1 Å². The van der Waals surface area contributed by atoms with E-state index in [9.17, 15) is 9.59 Å².